The molecule has 0 amide bonds. The van der Waals surface area contributed by atoms with E-state index < -0.39 is 0 Å². The highest BCUT2D eigenvalue weighted by atomic mass is 15.1. The van der Waals surface area contributed by atoms with Crippen LogP contribution < -0.4 is 10.6 Å². The van der Waals surface area contributed by atoms with Gasteiger partial charge < -0.3 is 15.2 Å². The van der Waals surface area contributed by atoms with Crippen molar-refractivity contribution in [3.8, 4) is 0 Å². The smallest absolute Gasteiger partial charge is 0.0667 e. The average Bonchev–Trinajstić information content (AvgIpc) is 2.84. The third kappa shape index (κ3) is 2.06. The Hall–Kier alpha value is -2.26. The fourth-order valence-electron chi connectivity index (χ4n) is 2.62. The first-order valence-corrected chi connectivity index (χ1v) is 6.77. The Balaban J connectivity index is 2.10. The van der Waals surface area contributed by atoms with Gasteiger partial charge in [-0.15, -0.1) is 0 Å². The third-order valence-corrected chi connectivity index (χ3v) is 3.77. The molecule has 0 unspecified atom stereocenters. The molecule has 0 aliphatic rings. The summed E-state index contributed by atoms with van der Waals surface area (Å²) in [6, 6.07) is 16.8. The van der Waals surface area contributed by atoms with E-state index in [0.717, 1.165) is 11.3 Å². The van der Waals surface area contributed by atoms with Gasteiger partial charge >= 0.3 is 0 Å². The predicted octanol–water partition coefficient (Wildman–Crippen LogP) is 3.40. The van der Waals surface area contributed by atoms with E-state index in [4.69, 9.17) is 5.73 Å². The SMILES string of the molecule is CN(c1cccc(CN)c1)c1cn(C)c2ccccc12. The van der Waals surface area contributed by atoms with Crippen molar-refractivity contribution >= 4 is 22.3 Å². The van der Waals surface area contributed by atoms with E-state index in [-0.39, 0.29) is 0 Å². The number of nitrogens with zero attached hydrogens (tertiary/aromatic N) is 2. The van der Waals surface area contributed by atoms with Gasteiger partial charge in [-0.1, -0.05) is 30.3 Å². The number of fused-ring (bicyclic) bond motifs is 1. The number of anilines is 2. The number of nitrogens with two attached hydrogens (primary N) is 1. The van der Waals surface area contributed by atoms with Gasteiger partial charge in [0.05, 0.1) is 5.69 Å². The molecule has 1 heterocycles. The van der Waals surface area contributed by atoms with Crippen molar-refractivity contribution in [2.24, 2.45) is 12.8 Å². The summed E-state index contributed by atoms with van der Waals surface area (Å²) in [5.41, 5.74) is 10.5. The lowest BCUT2D eigenvalue weighted by Crippen LogP contribution is -2.09. The first-order chi connectivity index (χ1) is 9.70. The van der Waals surface area contributed by atoms with E-state index in [1.807, 2.05) is 0 Å². The first kappa shape index (κ1) is 12.8. The highest BCUT2D eigenvalue weighted by Gasteiger charge is 2.11. The maximum Gasteiger partial charge on any atom is 0.0667 e. The van der Waals surface area contributed by atoms with Crippen LogP contribution in [-0.4, -0.2) is 11.6 Å². The van der Waals surface area contributed by atoms with Crippen LogP contribution in [0.5, 0.6) is 0 Å². The van der Waals surface area contributed by atoms with Crippen LogP contribution >= 0.6 is 0 Å². The molecule has 0 spiro atoms. The van der Waals surface area contributed by atoms with Gasteiger partial charge in [-0.3, -0.25) is 0 Å². The van der Waals surface area contributed by atoms with Crippen LogP contribution in [0.4, 0.5) is 11.4 Å². The second kappa shape index (κ2) is 5.02. The average molecular weight is 265 g/mol. The Morgan fingerprint density at radius 3 is 2.70 bits per heavy atom. The van der Waals surface area contributed by atoms with Crippen LogP contribution in [0.3, 0.4) is 0 Å². The maximum absolute atomic E-state index is 5.73. The monoisotopic (exact) mass is 265 g/mol. The molecule has 3 nitrogen and oxygen atoms in total. The van der Waals surface area contributed by atoms with Gasteiger partial charge in [0.15, 0.2) is 0 Å². The number of aromatic nitrogens is 1. The molecule has 0 aliphatic carbocycles. The van der Waals surface area contributed by atoms with Crippen molar-refractivity contribution in [2.45, 2.75) is 6.54 Å². The second-order valence-corrected chi connectivity index (χ2v) is 5.08. The van der Waals surface area contributed by atoms with E-state index in [1.165, 1.54) is 16.6 Å². The maximum atomic E-state index is 5.73. The molecule has 3 aromatic rings. The van der Waals surface area contributed by atoms with Gasteiger partial charge in [-0.05, 0) is 23.8 Å². The van der Waals surface area contributed by atoms with Crippen LogP contribution in [-0.2, 0) is 13.6 Å². The molecular weight excluding hydrogens is 246 g/mol. The molecule has 0 fully saturated rings. The summed E-state index contributed by atoms with van der Waals surface area (Å²) in [5, 5.41) is 1.26. The number of para-hydroxylation sites is 1. The van der Waals surface area contributed by atoms with Crippen LogP contribution in [0.2, 0.25) is 0 Å². The topological polar surface area (TPSA) is 34.2 Å². The summed E-state index contributed by atoms with van der Waals surface area (Å²) in [4.78, 5) is 2.21. The molecule has 0 atom stereocenters. The molecule has 0 saturated heterocycles. The van der Waals surface area contributed by atoms with Gasteiger partial charge in [0.2, 0.25) is 0 Å². The number of hydrogen-bond acceptors (Lipinski definition) is 2. The van der Waals surface area contributed by atoms with Gasteiger partial charge in [0.25, 0.3) is 0 Å². The summed E-state index contributed by atoms with van der Waals surface area (Å²) in [7, 11) is 4.17. The lowest BCUT2D eigenvalue weighted by Gasteiger charge is -2.19. The fraction of sp³-hybridized carbons (Fsp3) is 0.176. The zero-order chi connectivity index (χ0) is 14.1. The van der Waals surface area contributed by atoms with Crippen molar-refractivity contribution in [1.29, 1.82) is 0 Å². The number of hydrogen-bond donors (Lipinski definition) is 1. The Morgan fingerprint density at radius 2 is 1.90 bits per heavy atom. The number of benzene rings is 2. The molecule has 2 N–H and O–H groups in total. The molecule has 1 aromatic heterocycles. The van der Waals surface area contributed by atoms with Crippen molar-refractivity contribution in [3.63, 3.8) is 0 Å². The molecular formula is C17H19N3. The minimum Gasteiger partial charge on any atom is -0.348 e. The second-order valence-electron chi connectivity index (χ2n) is 5.08. The summed E-state index contributed by atoms with van der Waals surface area (Å²) >= 11 is 0. The Bertz CT molecular complexity index is 743. The highest BCUT2D eigenvalue weighted by molar-refractivity contribution is 5.95. The first-order valence-electron chi connectivity index (χ1n) is 6.77. The predicted molar refractivity (Wildman–Crippen MR) is 85.3 cm³/mol. The largest absolute Gasteiger partial charge is 0.348 e. The normalized spacial score (nSPS) is 10.9. The molecule has 0 radical (unpaired) electrons. The van der Waals surface area contributed by atoms with Gasteiger partial charge in [-0.25, -0.2) is 0 Å². The minimum absolute atomic E-state index is 0.567. The van der Waals surface area contributed by atoms with E-state index in [1.54, 1.807) is 0 Å². The quantitative estimate of drug-likeness (QED) is 0.787. The molecule has 20 heavy (non-hydrogen) atoms. The van der Waals surface area contributed by atoms with E-state index >= 15 is 0 Å². The molecule has 0 saturated carbocycles. The number of rotatable bonds is 3. The third-order valence-electron chi connectivity index (χ3n) is 3.77. The summed E-state index contributed by atoms with van der Waals surface area (Å²) in [6.45, 7) is 0.567. The van der Waals surface area contributed by atoms with Crippen molar-refractivity contribution in [2.75, 3.05) is 11.9 Å². The lowest BCUT2D eigenvalue weighted by atomic mass is 10.1. The minimum atomic E-state index is 0.567. The zero-order valence-corrected chi connectivity index (χ0v) is 11.9. The van der Waals surface area contributed by atoms with Crippen LogP contribution in [0.1, 0.15) is 5.56 Å². The Labute approximate surface area is 119 Å². The summed E-state index contributed by atoms with van der Waals surface area (Å²) in [6.07, 6.45) is 2.17. The number of aryl methyl sites for hydroxylation is 1. The van der Waals surface area contributed by atoms with E-state index in [2.05, 4.69) is 78.3 Å². The lowest BCUT2D eigenvalue weighted by molar-refractivity contribution is 0.965. The Morgan fingerprint density at radius 1 is 1.10 bits per heavy atom. The van der Waals surface area contributed by atoms with Crippen LogP contribution in [0, 0.1) is 0 Å². The van der Waals surface area contributed by atoms with E-state index in [9.17, 15) is 0 Å². The van der Waals surface area contributed by atoms with Crippen molar-refractivity contribution < 1.29 is 0 Å². The zero-order valence-electron chi connectivity index (χ0n) is 11.9. The van der Waals surface area contributed by atoms with Crippen LogP contribution in [0.25, 0.3) is 10.9 Å². The van der Waals surface area contributed by atoms with Gasteiger partial charge in [0.1, 0.15) is 0 Å². The molecule has 102 valence electrons. The molecule has 0 bridgehead atoms. The van der Waals surface area contributed by atoms with E-state index in [0.29, 0.717) is 6.54 Å². The van der Waals surface area contributed by atoms with Crippen molar-refractivity contribution in [3.05, 3.63) is 60.3 Å². The van der Waals surface area contributed by atoms with Gasteiger partial charge in [-0.2, -0.15) is 0 Å². The molecule has 0 aliphatic heterocycles. The summed E-state index contributed by atoms with van der Waals surface area (Å²) in [5.74, 6) is 0. The van der Waals surface area contributed by atoms with Crippen LogP contribution in [0.15, 0.2) is 54.7 Å². The molecule has 3 heteroatoms. The van der Waals surface area contributed by atoms with Crippen molar-refractivity contribution in [1.82, 2.24) is 4.57 Å². The molecule has 2 aromatic carbocycles. The summed E-state index contributed by atoms with van der Waals surface area (Å²) < 4.78 is 2.16. The molecule has 3 rings (SSSR count). The fourth-order valence-corrected chi connectivity index (χ4v) is 2.62. The Kier molecular flexibility index (Phi) is 3.20. The highest BCUT2D eigenvalue weighted by Crippen LogP contribution is 2.32. The van der Waals surface area contributed by atoms with Gasteiger partial charge in [0, 0.05) is 43.4 Å². The standard InChI is InChI=1S/C17H19N3/c1-19-12-17(15-8-3-4-9-16(15)19)20(2)14-7-5-6-13(10-14)11-18/h3-10,12H,11,18H2,1-2H3.